The molecule has 0 N–H and O–H groups in total. The predicted molar refractivity (Wildman–Crippen MR) is 63.5 cm³/mol. The highest BCUT2D eigenvalue weighted by Crippen LogP contribution is 2.12. The first-order valence-electron chi connectivity index (χ1n) is 5.62. The summed E-state index contributed by atoms with van der Waals surface area (Å²) in [5, 5.41) is 0. The molecule has 0 rings (SSSR count). The minimum atomic E-state index is -0.00395. The third-order valence-corrected chi connectivity index (χ3v) is 1.86. The lowest BCUT2D eigenvalue weighted by Crippen LogP contribution is -2.22. The Hall–Kier alpha value is -0.300. The molecule has 0 fully saturated rings. The second-order valence-electron chi connectivity index (χ2n) is 5.44. The number of rotatable bonds is 5. The molecular formula is C13H26O. The molecule has 0 saturated heterocycles. The van der Waals surface area contributed by atoms with E-state index in [0.717, 1.165) is 13.0 Å². The van der Waals surface area contributed by atoms with Gasteiger partial charge in [0.15, 0.2) is 0 Å². The van der Waals surface area contributed by atoms with Crippen molar-refractivity contribution in [3.63, 3.8) is 0 Å². The van der Waals surface area contributed by atoms with Crippen LogP contribution in [-0.4, -0.2) is 12.2 Å². The number of allylic oxidation sites excluding steroid dienone is 2. The monoisotopic (exact) mass is 198 g/mol. The second kappa shape index (κ2) is 6.23. The summed E-state index contributed by atoms with van der Waals surface area (Å²) in [6, 6.07) is 0. The summed E-state index contributed by atoms with van der Waals surface area (Å²) >= 11 is 0. The fraction of sp³-hybridized carbons (Fsp3) is 0.846. The number of hydrogen-bond donors (Lipinski definition) is 0. The minimum absolute atomic E-state index is 0.00395. The van der Waals surface area contributed by atoms with E-state index in [9.17, 15) is 0 Å². The van der Waals surface area contributed by atoms with Crippen molar-refractivity contribution in [3.8, 4) is 0 Å². The van der Waals surface area contributed by atoms with E-state index < -0.39 is 0 Å². The SMILES string of the molecule is CC(C)C=CC[C@@H](C)COC(C)(C)C. The summed E-state index contributed by atoms with van der Waals surface area (Å²) in [6.45, 7) is 13.8. The summed E-state index contributed by atoms with van der Waals surface area (Å²) in [4.78, 5) is 0. The van der Waals surface area contributed by atoms with Gasteiger partial charge >= 0.3 is 0 Å². The van der Waals surface area contributed by atoms with E-state index in [4.69, 9.17) is 4.74 Å². The fourth-order valence-corrected chi connectivity index (χ4v) is 1.04. The molecule has 0 aromatic rings. The minimum Gasteiger partial charge on any atom is -0.376 e. The smallest absolute Gasteiger partial charge is 0.0598 e. The molecule has 1 atom stereocenters. The molecule has 0 unspecified atom stereocenters. The van der Waals surface area contributed by atoms with Crippen molar-refractivity contribution in [2.45, 2.75) is 53.6 Å². The van der Waals surface area contributed by atoms with Gasteiger partial charge < -0.3 is 4.74 Å². The molecule has 0 heterocycles. The fourth-order valence-electron chi connectivity index (χ4n) is 1.04. The molecule has 84 valence electrons. The Bertz CT molecular complexity index is 163. The van der Waals surface area contributed by atoms with Gasteiger partial charge in [-0.15, -0.1) is 0 Å². The first kappa shape index (κ1) is 13.7. The van der Waals surface area contributed by atoms with Crippen molar-refractivity contribution in [1.29, 1.82) is 0 Å². The van der Waals surface area contributed by atoms with E-state index >= 15 is 0 Å². The lowest BCUT2D eigenvalue weighted by atomic mass is 10.1. The van der Waals surface area contributed by atoms with E-state index in [-0.39, 0.29) is 5.60 Å². The Balaban J connectivity index is 3.61. The van der Waals surface area contributed by atoms with Crippen molar-refractivity contribution in [2.24, 2.45) is 11.8 Å². The highest BCUT2D eigenvalue weighted by Gasteiger charge is 2.11. The van der Waals surface area contributed by atoms with Gasteiger partial charge in [-0.3, -0.25) is 0 Å². The van der Waals surface area contributed by atoms with Gasteiger partial charge in [0.25, 0.3) is 0 Å². The van der Waals surface area contributed by atoms with Crippen LogP contribution in [0.5, 0.6) is 0 Å². The van der Waals surface area contributed by atoms with Gasteiger partial charge in [0.05, 0.1) is 12.2 Å². The van der Waals surface area contributed by atoms with Crippen LogP contribution < -0.4 is 0 Å². The van der Waals surface area contributed by atoms with Crippen LogP contribution in [0.15, 0.2) is 12.2 Å². The van der Waals surface area contributed by atoms with E-state index in [1.807, 2.05) is 0 Å². The van der Waals surface area contributed by atoms with Crippen LogP contribution in [0.1, 0.15) is 48.0 Å². The van der Waals surface area contributed by atoms with Gasteiger partial charge in [-0.25, -0.2) is 0 Å². The molecule has 14 heavy (non-hydrogen) atoms. The zero-order valence-corrected chi connectivity index (χ0v) is 10.6. The Morgan fingerprint density at radius 1 is 1.14 bits per heavy atom. The van der Waals surface area contributed by atoms with Crippen molar-refractivity contribution >= 4 is 0 Å². The maximum atomic E-state index is 5.71. The molecule has 0 aliphatic carbocycles. The van der Waals surface area contributed by atoms with Crippen LogP contribution in [-0.2, 0) is 4.74 Å². The van der Waals surface area contributed by atoms with Crippen LogP contribution in [0.4, 0.5) is 0 Å². The standard InChI is InChI=1S/C13H26O/c1-11(2)8-7-9-12(3)10-14-13(4,5)6/h7-8,11-12H,9-10H2,1-6H3/t12-/m1/s1. The van der Waals surface area contributed by atoms with Crippen LogP contribution in [0.3, 0.4) is 0 Å². The number of ether oxygens (including phenoxy) is 1. The average molecular weight is 198 g/mol. The zero-order chi connectivity index (χ0) is 11.2. The molecule has 1 nitrogen and oxygen atoms in total. The van der Waals surface area contributed by atoms with Crippen LogP contribution >= 0.6 is 0 Å². The molecule has 0 amide bonds. The Labute approximate surface area is 89.5 Å². The lowest BCUT2D eigenvalue weighted by Gasteiger charge is -2.22. The van der Waals surface area contributed by atoms with Gasteiger partial charge in [-0.05, 0) is 39.0 Å². The molecule has 0 aromatic heterocycles. The van der Waals surface area contributed by atoms with Gasteiger partial charge in [-0.1, -0.05) is 32.9 Å². The van der Waals surface area contributed by atoms with Gasteiger partial charge in [-0.2, -0.15) is 0 Å². The molecule has 0 spiro atoms. The predicted octanol–water partition coefficient (Wildman–Crippen LogP) is 4.04. The molecule has 0 aliphatic rings. The van der Waals surface area contributed by atoms with Gasteiger partial charge in [0, 0.05) is 0 Å². The van der Waals surface area contributed by atoms with E-state index in [1.54, 1.807) is 0 Å². The highest BCUT2D eigenvalue weighted by molar-refractivity contribution is 4.85. The van der Waals surface area contributed by atoms with Crippen molar-refractivity contribution in [1.82, 2.24) is 0 Å². The molecular weight excluding hydrogens is 172 g/mol. The van der Waals surface area contributed by atoms with Gasteiger partial charge in [0.2, 0.25) is 0 Å². The Morgan fingerprint density at radius 3 is 2.14 bits per heavy atom. The van der Waals surface area contributed by atoms with Crippen molar-refractivity contribution in [2.75, 3.05) is 6.61 Å². The molecule has 0 aromatic carbocycles. The molecule has 0 saturated carbocycles. The maximum absolute atomic E-state index is 5.71. The third-order valence-electron chi connectivity index (χ3n) is 1.86. The lowest BCUT2D eigenvalue weighted by molar-refractivity contribution is -0.0189. The first-order chi connectivity index (χ1) is 6.31. The summed E-state index contributed by atoms with van der Waals surface area (Å²) in [5.74, 6) is 1.27. The Morgan fingerprint density at radius 2 is 1.71 bits per heavy atom. The van der Waals surface area contributed by atoms with Crippen LogP contribution in [0.2, 0.25) is 0 Å². The van der Waals surface area contributed by atoms with E-state index in [0.29, 0.717) is 11.8 Å². The van der Waals surface area contributed by atoms with Crippen molar-refractivity contribution in [3.05, 3.63) is 12.2 Å². The largest absolute Gasteiger partial charge is 0.376 e. The quantitative estimate of drug-likeness (QED) is 0.606. The summed E-state index contributed by atoms with van der Waals surface area (Å²) in [7, 11) is 0. The zero-order valence-electron chi connectivity index (χ0n) is 10.6. The summed E-state index contributed by atoms with van der Waals surface area (Å²) in [6.07, 6.45) is 5.64. The van der Waals surface area contributed by atoms with Gasteiger partial charge in [0.1, 0.15) is 0 Å². The second-order valence-corrected chi connectivity index (χ2v) is 5.44. The highest BCUT2D eigenvalue weighted by atomic mass is 16.5. The van der Waals surface area contributed by atoms with E-state index in [2.05, 4.69) is 53.7 Å². The molecule has 0 aliphatic heterocycles. The summed E-state index contributed by atoms with van der Waals surface area (Å²) < 4.78 is 5.71. The van der Waals surface area contributed by atoms with Crippen LogP contribution in [0.25, 0.3) is 0 Å². The third kappa shape index (κ3) is 9.79. The molecule has 1 heteroatoms. The van der Waals surface area contributed by atoms with Crippen molar-refractivity contribution < 1.29 is 4.74 Å². The summed E-state index contributed by atoms with van der Waals surface area (Å²) in [5.41, 5.74) is -0.00395. The number of hydrogen-bond acceptors (Lipinski definition) is 1. The first-order valence-corrected chi connectivity index (χ1v) is 5.62. The normalized spacial score (nSPS) is 15.4. The Kier molecular flexibility index (Phi) is 6.10. The topological polar surface area (TPSA) is 9.23 Å². The molecule has 0 radical (unpaired) electrons. The van der Waals surface area contributed by atoms with E-state index in [1.165, 1.54) is 0 Å². The molecule has 0 bridgehead atoms. The maximum Gasteiger partial charge on any atom is 0.0598 e. The van der Waals surface area contributed by atoms with Crippen LogP contribution in [0, 0.1) is 11.8 Å². The average Bonchev–Trinajstić information content (AvgIpc) is 1.99.